The maximum absolute atomic E-state index is 11.2. The molecule has 0 aromatic carbocycles. The highest BCUT2D eigenvalue weighted by Crippen LogP contribution is 1.98. The monoisotopic (exact) mass is 215 g/mol. The number of Topliss-reactive ketones (excluding diaryl/α,β-unsaturated/α-hetero) is 1. The summed E-state index contributed by atoms with van der Waals surface area (Å²) >= 11 is 0. The number of ketones is 1. The van der Waals surface area contributed by atoms with Crippen LogP contribution >= 0.6 is 0 Å². The first-order chi connectivity index (χ1) is 7.04. The van der Waals surface area contributed by atoms with E-state index in [-0.39, 0.29) is 11.7 Å². The summed E-state index contributed by atoms with van der Waals surface area (Å²) in [5, 5.41) is 3.08. The van der Waals surface area contributed by atoms with Crippen LogP contribution in [0, 0.1) is 11.8 Å². The average molecular weight is 215 g/mol. The van der Waals surface area contributed by atoms with Crippen molar-refractivity contribution < 1.29 is 9.53 Å². The van der Waals surface area contributed by atoms with Crippen molar-refractivity contribution in [1.29, 1.82) is 0 Å². The van der Waals surface area contributed by atoms with E-state index in [0.29, 0.717) is 19.1 Å². The Bertz CT molecular complexity index is 167. The molecule has 90 valence electrons. The van der Waals surface area contributed by atoms with E-state index in [2.05, 4.69) is 19.2 Å². The fraction of sp³-hybridized carbons (Fsp3) is 0.917. The maximum Gasteiger partial charge on any atom is 0.149 e. The lowest BCUT2D eigenvalue weighted by Crippen LogP contribution is -2.29. The van der Waals surface area contributed by atoms with E-state index in [4.69, 9.17) is 4.74 Å². The SMILES string of the molecule is CC(C)CCOCCNCC(=O)C(C)C. The summed E-state index contributed by atoms with van der Waals surface area (Å²) < 4.78 is 5.41. The van der Waals surface area contributed by atoms with Crippen molar-refractivity contribution in [3.05, 3.63) is 0 Å². The van der Waals surface area contributed by atoms with Gasteiger partial charge in [0.1, 0.15) is 5.78 Å². The van der Waals surface area contributed by atoms with Gasteiger partial charge in [-0.1, -0.05) is 27.7 Å². The summed E-state index contributed by atoms with van der Waals surface area (Å²) in [7, 11) is 0. The van der Waals surface area contributed by atoms with Crippen molar-refractivity contribution in [2.24, 2.45) is 11.8 Å². The first-order valence-electron chi connectivity index (χ1n) is 5.85. The standard InChI is InChI=1S/C12H25NO2/c1-10(2)5-7-15-8-6-13-9-12(14)11(3)4/h10-11,13H,5-9H2,1-4H3. The van der Waals surface area contributed by atoms with Gasteiger partial charge in [-0.3, -0.25) is 4.79 Å². The predicted molar refractivity (Wildman–Crippen MR) is 63.0 cm³/mol. The highest BCUT2D eigenvalue weighted by atomic mass is 16.5. The van der Waals surface area contributed by atoms with Gasteiger partial charge < -0.3 is 10.1 Å². The van der Waals surface area contributed by atoms with Crippen molar-refractivity contribution in [2.45, 2.75) is 34.1 Å². The molecule has 0 aliphatic heterocycles. The first kappa shape index (κ1) is 14.6. The lowest BCUT2D eigenvalue weighted by atomic mass is 10.1. The van der Waals surface area contributed by atoms with E-state index in [1.165, 1.54) is 0 Å². The third-order valence-electron chi connectivity index (χ3n) is 2.21. The van der Waals surface area contributed by atoms with Gasteiger partial charge in [0.2, 0.25) is 0 Å². The molecule has 0 aromatic rings. The molecule has 0 spiro atoms. The average Bonchev–Trinajstić information content (AvgIpc) is 2.15. The Kier molecular flexibility index (Phi) is 8.62. The summed E-state index contributed by atoms with van der Waals surface area (Å²) in [4.78, 5) is 11.2. The molecule has 0 saturated heterocycles. The number of carbonyl (C=O) groups is 1. The van der Waals surface area contributed by atoms with Gasteiger partial charge in [-0.05, 0) is 12.3 Å². The molecule has 15 heavy (non-hydrogen) atoms. The molecule has 0 amide bonds. The van der Waals surface area contributed by atoms with Gasteiger partial charge in [0.15, 0.2) is 0 Å². The molecule has 0 saturated carbocycles. The van der Waals surface area contributed by atoms with E-state index < -0.39 is 0 Å². The van der Waals surface area contributed by atoms with Gasteiger partial charge in [0.25, 0.3) is 0 Å². The number of hydrogen-bond acceptors (Lipinski definition) is 3. The van der Waals surface area contributed by atoms with Crippen LogP contribution in [0.15, 0.2) is 0 Å². The molecule has 0 bridgehead atoms. The zero-order chi connectivity index (χ0) is 11.7. The summed E-state index contributed by atoms with van der Waals surface area (Å²) in [5.41, 5.74) is 0. The van der Waals surface area contributed by atoms with Crippen LogP contribution in [0.25, 0.3) is 0 Å². The normalized spacial score (nSPS) is 11.3. The number of hydrogen-bond donors (Lipinski definition) is 1. The largest absolute Gasteiger partial charge is 0.380 e. The Morgan fingerprint density at radius 2 is 1.87 bits per heavy atom. The zero-order valence-electron chi connectivity index (χ0n) is 10.5. The minimum atomic E-state index is 0.124. The fourth-order valence-electron chi connectivity index (χ4n) is 0.981. The van der Waals surface area contributed by atoms with Crippen LogP contribution in [0.2, 0.25) is 0 Å². The van der Waals surface area contributed by atoms with E-state index in [9.17, 15) is 4.79 Å². The Balaban J connectivity index is 3.15. The third kappa shape index (κ3) is 9.88. The smallest absolute Gasteiger partial charge is 0.149 e. The summed E-state index contributed by atoms with van der Waals surface area (Å²) in [6, 6.07) is 0. The highest BCUT2D eigenvalue weighted by Gasteiger charge is 2.05. The van der Waals surface area contributed by atoms with Crippen LogP contribution in [0.4, 0.5) is 0 Å². The minimum Gasteiger partial charge on any atom is -0.380 e. The Labute approximate surface area is 93.6 Å². The topological polar surface area (TPSA) is 38.3 Å². The molecule has 3 nitrogen and oxygen atoms in total. The Morgan fingerprint density at radius 3 is 2.40 bits per heavy atom. The quantitative estimate of drug-likeness (QED) is 0.597. The van der Waals surface area contributed by atoms with Crippen LogP contribution in [-0.4, -0.2) is 32.1 Å². The molecule has 0 unspecified atom stereocenters. The lowest BCUT2D eigenvalue weighted by Gasteiger charge is -2.08. The Hall–Kier alpha value is -0.410. The summed E-state index contributed by atoms with van der Waals surface area (Å²) in [6.45, 7) is 10.9. The molecule has 0 aromatic heterocycles. The summed E-state index contributed by atoms with van der Waals surface area (Å²) in [6.07, 6.45) is 1.10. The molecule has 0 radical (unpaired) electrons. The molecule has 0 aliphatic carbocycles. The molecular weight excluding hydrogens is 190 g/mol. The van der Waals surface area contributed by atoms with E-state index in [1.54, 1.807) is 0 Å². The second-order valence-electron chi connectivity index (χ2n) is 4.59. The van der Waals surface area contributed by atoms with Crippen LogP contribution < -0.4 is 5.32 Å². The molecule has 0 atom stereocenters. The van der Waals surface area contributed by atoms with Crippen LogP contribution in [0.3, 0.4) is 0 Å². The van der Waals surface area contributed by atoms with Gasteiger partial charge in [-0.2, -0.15) is 0 Å². The zero-order valence-corrected chi connectivity index (χ0v) is 10.5. The van der Waals surface area contributed by atoms with Crippen LogP contribution in [0.5, 0.6) is 0 Å². The molecule has 3 heteroatoms. The number of nitrogens with one attached hydrogen (secondary N) is 1. The third-order valence-corrected chi connectivity index (χ3v) is 2.21. The first-order valence-corrected chi connectivity index (χ1v) is 5.85. The maximum atomic E-state index is 11.2. The molecular formula is C12H25NO2. The molecule has 0 fully saturated rings. The second-order valence-corrected chi connectivity index (χ2v) is 4.59. The van der Waals surface area contributed by atoms with Gasteiger partial charge in [-0.15, -0.1) is 0 Å². The van der Waals surface area contributed by atoms with Crippen molar-refractivity contribution in [1.82, 2.24) is 5.32 Å². The summed E-state index contributed by atoms with van der Waals surface area (Å²) in [5.74, 6) is 1.08. The molecule has 0 heterocycles. The number of ether oxygens (including phenoxy) is 1. The van der Waals surface area contributed by atoms with Gasteiger partial charge in [-0.25, -0.2) is 0 Å². The van der Waals surface area contributed by atoms with E-state index >= 15 is 0 Å². The van der Waals surface area contributed by atoms with Crippen molar-refractivity contribution >= 4 is 5.78 Å². The fourth-order valence-corrected chi connectivity index (χ4v) is 0.981. The number of carbonyl (C=O) groups excluding carboxylic acids is 1. The second kappa shape index (κ2) is 8.86. The van der Waals surface area contributed by atoms with Crippen LogP contribution in [0.1, 0.15) is 34.1 Å². The van der Waals surface area contributed by atoms with Gasteiger partial charge in [0.05, 0.1) is 13.2 Å². The van der Waals surface area contributed by atoms with Crippen LogP contribution in [-0.2, 0) is 9.53 Å². The minimum absolute atomic E-state index is 0.124. The Morgan fingerprint density at radius 1 is 1.20 bits per heavy atom. The van der Waals surface area contributed by atoms with Gasteiger partial charge in [0, 0.05) is 19.1 Å². The van der Waals surface area contributed by atoms with E-state index in [0.717, 1.165) is 19.6 Å². The van der Waals surface area contributed by atoms with E-state index in [1.807, 2.05) is 13.8 Å². The molecule has 1 N–H and O–H groups in total. The highest BCUT2D eigenvalue weighted by molar-refractivity contribution is 5.82. The number of rotatable bonds is 9. The van der Waals surface area contributed by atoms with Gasteiger partial charge >= 0.3 is 0 Å². The predicted octanol–water partition coefficient (Wildman–Crippen LogP) is 1.86. The lowest BCUT2D eigenvalue weighted by molar-refractivity contribution is -0.121. The van der Waals surface area contributed by atoms with Crippen molar-refractivity contribution in [3.8, 4) is 0 Å². The molecule has 0 rings (SSSR count). The van der Waals surface area contributed by atoms with Crippen molar-refractivity contribution in [3.63, 3.8) is 0 Å². The molecule has 0 aliphatic rings. The van der Waals surface area contributed by atoms with Crippen molar-refractivity contribution in [2.75, 3.05) is 26.3 Å².